The Morgan fingerprint density at radius 2 is 1.47 bits per heavy atom. The van der Waals surface area contributed by atoms with Gasteiger partial charge in [0.15, 0.2) is 0 Å². The van der Waals surface area contributed by atoms with E-state index in [4.69, 9.17) is 29.2 Å². The Labute approximate surface area is 176 Å². The van der Waals surface area contributed by atoms with Crippen LogP contribution in [0.2, 0.25) is 0 Å². The van der Waals surface area contributed by atoms with Gasteiger partial charge in [-0.15, -0.1) is 0 Å². The van der Waals surface area contributed by atoms with Crippen LogP contribution in [-0.4, -0.2) is 104 Å². The van der Waals surface area contributed by atoms with Crippen molar-refractivity contribution in [2.75, 3.05) is 87.4 Å². The molecular weight excluding hydrogens is 390 g/mol. The Morgan fingerprint density at radius 1 is 0.933 bits per heavy atom. The highest BCUT2D eigenvalue weighted by Gasteiger charge is 2.26. The van der Waals surface area contributed by atoms with Gasteiger partial charge in [0.1, 0.15) is 0 Å². The standard InChI is InChI=1S/C19H31N7O4/c1-2-30-19(27)26-5-3-15(4-6-26)20-16-21-17(24-7-11-28-12-8-24)23-18(22-16)25-9-13-29-14-10-25/h15H,2-14H2,1H3,(H,20,21,22,23). The number of ether oxygens (including phenoxy) is 3. The van der Waals surface area contributed by atoms with Crippen LogP contribution in [0.5, 0.6) is 0 Å². The molecule has 0 spiro atoms. The Morgan fingerprint density at radius 3 is 1.97 bits per heavy atom. The molecule has 4 rings (SSSR count). The Balaban J connectivity index is 1.45. The molecule has 166 valence electrons. The third kappa shape index (κ3) is 5.20. The van der Waals surface area contributed by atoms with Gasteiger partial charge in [0, 0.05) is 45.3 Å². The molecule has 1 aromatic heterocycles. The van der Waals surface area contributed by atoms with E-state index in [0.29, 0.717) is 64.0 Å². The molecule has 0 bridgehead atoms. The van der Waals surface area contributed by atoms with Crippen molar-refractivity contribution < 1.29 is 19.0 Å². The maximum Gasteiger partial charge on any atom is 0.409 e. The second kappa shape index (κ2) is 10.1. The predicted molar refractivity (Wildman–Crippen MR) is 111 cm³/mol. The number of nitrogens with one attached hydrogen (secondary N) is 1. The first-order chi connectivity index (χ1) is 14.7. The zero-order valence-electron chi connectivity index (χ0n) is 17.6. The monoisotopic (exact) mass is 421 g/mol. The van der Waals surface area contributed by atoms with Crippen LogP contribution in [0.25, 0.3) is 0 Å². The summed E-state index contributed by atoms with van der Waals surface area (Å²) >= 11 is 0. The number of hydrogen-bond donors (Lipinski definition) is 1. The largest absolute Gasteiger partial charge is 0.450 e. The van der Waals surface area contributed by atoms with Crippen LogP contribution in [0.15, 0.2) is 0 Å². The number of nitrogens with zero attached hydrogens (tertiary/aromatic N) is 6. The summed E-state index contributed by atoms with van der Waals surface area (Å²) in [5.41, 5.74) is 0. The average Bonchev–Trinajstić information content (AvgIpc) is 2.81. The second-order valence-corrected chi connectivity index (χ2v) is 7.56. The topological polar surface area (TPSA) is 105 Å². The van der Waals surface area contributed by atoms with E-state index in [1.54, 1.807) is 4.90 Å². The lowest BCUT2D eigenvalue weighted by Crippen LogP contribution is -2.43. The number of piperidine rings is 1. The van der Waals surface area contributed by atoms with Gasteiger partial charge in [-0.3, -0.25) is 0 Å². The molecule has 0 unspecified atom stereocenters. The number of morpholine rings is 2. The van der Waals surface area contributed by atoms with Crippen molar-refractivity contribution in [2.45, 2.75) is 25.8 Å². The lowest BCUT2D eigenvalue weighted by molar-refractivity contribution is 0.0983. The van der Waals surface area contributed by atoms with Gasteiger partial charge in [-0.05, 0) is 19.8 Å². The van der Waals surface area contributed by atoms with E-state index in [9.17, 15) is 4.79 Å². The first-order valence-electron chi connectivity index (χ1n) is 10.8. The highest BCUT2D eigenvalue weighted by molar-refractivity contribution is 5.67. The van der Waals surface area contributed by atoms with Gasteiger partial charge in [0.2, 0.25) is 17.8 Å². The first-order valence-corrected chi connectivity index (χ1v) is 10.8. The number of carbonyl (C=O) groups excluding carboxylic acids is 1. The Kier molecular flexibility index (Phi) is 7.00. The van der Waals surface area contributed by atoms with Crippen LogP contribution < -0.4 is 15.1 Å². The van der Waals surface area contributed by atoms with E-state index in [-0.39, 0.29) is 12.1 Å². The maximum absolute atomic E-state index is 11.9. The molecule has 0 radical (unpaired) electrons. The van der Waals surface area contributed by atoms with Crippen LogP contribution in [0.3, 0.4) is 0 Å². The Bertz CT molecular complexity index is 666. The summed E-state index contributed by atoms with van der Waals surface area (Å²) in [5.74, 6) is 1.95. The van der Waals surface area contributed by atoms with E-state index in [0.717, 1.165) is 39.0 Å². The average molecular weight is 422 g/mol. The number of rotatable bonds is 5. The van der Waals surface area contributed by atoms with Crippen LogP contribution >= 0.6 is 0 Å². The maximum atomic E-state index is 11.9. The molecule has 3 fully saturated rings. The number of aromatic nitrogens is 3. The van der Waals surface area contributed by atoms with Crippen molar-refractivity contribution in [3.8, 4) is 0 Å². The molecule has 30 heavy (non-hydrogen) atoms. The lowest BCUT2D eigenvalue weighted by Gasteiger charge is -2.33. The third-order valence-electron chi connectivity index (χ3n) is 5.55. The number of hydrogen-bond acceptors (Lipinski definition) is 10. The minimum atomic E-state index is -0.236. The van der Waals surface area contributed by atoms with Gasteiger partial charge in [0.25, 0.3) is 0 Å². The minimum Gasteiger partial charge on any atom is -0.450 e. The fourth-order valence-electron chi connectivity index (χ4n) is 3.83. The molecule has 11 heteroatoms. The Hall–Kier alpha value is -2.40. The number of anilines is 3. The molecular formula is C19H31N7O4. The molecule has 0 aliphatic carbocycles. The van der Waals surface area contributed by atoms with Crippen molar-refractivity contribution in [1.29, 1.82) is 0 Å². The summed E-state index contributed by atoms with van der Waals surface area (Å²) < 4.78 is 16.0. The first kappa shape index (κ1) is 20.9. The molecule has 0 saturated carbocycles. The fourth-order valence-corrected chi connectivity index (χ4v) is 3.83. The zero-order valence-corrected chi connectivity index (χ0v) is 17.6. The van der Waals surface area contributed by atoms with Crippen LogP contribution in [0, 0.1) is 0 Å². The summed E-state index contributed by atoms with van der Waals surface area (Å²) in [6.07, 6.45) is 1.41. The van der Waals surface area contributed by atoms with Crippen molar-refractivity contribution in [1.82, 2.24) is 19.9 Å². The van der Waals surface area contributed by atoms with Gasteiger partial charge in [-0.2, -0.15) is 15.0 Å². The zero-order chi connectivity index (χ0) is 20.8. The predicted octanol–water partition coefficient (Wildman–Crippen LogP) is 0.578. The summed E-state index contributed by atoms with van der Waals surface area (Å²) in [6.45, 7) is 9.31. The molecule has 0 aromatic carbocycles. The summed E-state index contributed by atoms with van der Waals surface area (Å²) in [6, 6.07) is 0.202. The van der Waals surface area contributed by atoms with Crippen molar-refractivity contribution >= 4 is 23.9 Å². The van der Waals surface area contributed by atoms with Crippen LogP contribution in [0.4, 0.5) is 22.6 Å². The van der Waals surface area contributed by atoms with Crippen LogP contribution in [0.1, 0.15) is 19.8 Å². The number of amides is 1. The van der Waals surface area contributed by atoms with Crippen molar-refractivity contribution in [3.05, 3.63) is 0 Å². The molecule has 3 saturated heterocycles. The minimum absolute atomic E-state index is 0.202. The lowest BCUT2D eigenvalue weighted by atomic mass is 10.1. The quantitative estimate of drug-likeness (QED) is 0.726. The van der Waals surface area contributed by atoms with E-state index < -0.39 is 0 Å². The normalized spacial score (nSPS) is 20.9. The summed E-state index contributed by atoms with van der Waals surface area (Å²) in [5, 5.41) is 3.47. The molecule has 0 atom stereocenters. The van der Waals surface area contributed by atoms with Gasteiger partial charge >= 0.3 is 6.09 Å². The van der Waals surface area contributed by atoms with Gasteiger partial charge in [-0.25, -0.2) is 4.79 Å². The highest BCUT2D eigenvalue weighted by atomic mass is 16.6. The SMILES string of the molecule is CCOC(=O)N1CCC(Nc2nc(N3CCOCC3)nc(N3CCOCC3)n2)CC1. The van der Waals surface area contributed by atoms with Gasteiger partial charge < -0.3 is 34.2 Å². The molecule has 1 amide bonds. The molecule has 11 nitrogen and oxygen atoms in total. The van der Waals surface area contributed by atoms with Crippen LogP contribution in [-0.2, 0) is 14.2 Å². The number of carbonyl (C=O) groups is 1. The van der Waals surface area contributed by atoms with E-state index in [1.807, 2.05) is 6.92 Å². The van der Waals surface area contributed by atoms with Gasteiger partial charge in [0.05, 0.1) is 33.0 Å². The summed E-state index contributed by atoms with van der Waals surface area (Å²) in [4.78, 5) is 32.1. The molecule has 3 aliphatic heterocycles. The van der Waals surface area contributed by atoms with Gasteiger partial charge in [-0.1, -0.05) is 0 Å². The third-order valence-corrected chi connectivity index (χ3v) is 5.55. The molecule has 4 heterocycles. The van der Waals surface area contributed by atoms with Crippen molar-refractivity contribution in [3.63, 3.8) is 0 Å². The molecule has 3 aliphatic rings. The molecule has 1 aromatic rings. The summed E-state index contributed by atoms with van der Waals surface area (Å²) in [7, 11) is 0. The van der Waals surface area contributed by atoms with Crippen molar-refractivity contribution in [2.24, 2.45) is 0 Å². The van der Waals surface area contributed by atoms with E-state index in [2.05, 4.69) is 15.1 Å². The number of likely N-dealkylation sites (tertiary alicyclic amines) is 1. The highest BCUT2D eigenvalue weighted by Crippen LogP contribution is 2.21. The second-order valence-electron chi connectivity index (χ2n) is 7.56. The smallest absolute Gasteiger partial charge is 0.409 e. The molecule has 1 N–H and O–H groups in total. The van der Waals surface area contributed by atoms with E-state index in [1.165, 1.54) is 0 Å². The van der Waals surface area contributed by atoms with E-state index >= 15 is 0 Å². The fraction of sp³-hybridized carbons (Fsp3) is 0.789.